The van der Waals surface area contributed by atoms with Gasteiger partial charge < -0.3 is 10.1 Å². The molecule has 18 heavy (non-hydrogen) atoms. The maximum atomic E-state index is 11.2. The first-order chi connectivity index (χ1) is 8.65. The molecule has 1 saturated carbocycles. The van der Waals surface area contributed by atoms with Crippen LogP contribution in [0.25, 0.3) is 0 Å². The summed E-state index contributed by atoms with van der Waals surface area (Å²) in [5.41, 5.74) is 2.29. The highest BCUT2D eigenvalue weighted by Gasteiger charge is 2.41. The van der Waals surface area contributed by atoms with E-state index in [-0.39, 0.29) is 5.78 Å². The Labute approximate surface area is 109 Å². The summed E-state index contributed by atoms with van der Waals surface area (Å²) in [7, 11) is 1.75. The first-order valence-electron chi connectivity index (χ1n) is 6.49. The number of anilines is 1. The first-order valence-corrected chi connectivity index (χ1v) is 6.49. The summed E-state index contributed by atoms with van der Waals surface area (Å²) in [5.74, 6) is 0.111. The highest BCUT2D eigenvalue weighted by Crippen LogP contribution is 2.48. The third kappa shape index (κ3) is 3.33. The second kappa shape index (κ2) is 5.53. The summed E-state index contributed by atoms with van der Waals surface area (Å²) in [6.45, 7) is 3.42. The molecule has 0 unspecified atom stereocenters. The van der Waals surface area contributed by atoms with E-state index in [1.165, 1.54) is 12.8 Å². The molecule has 1 aromatic carbocycles. The number of Topliss-reactive ketones (excluding diaryl/α,β-unsaturated/α-hetero) is 1. The van der Waals surface area contributed by atoms with Crippen molar-refractivity contribution in [1.82, 2.24) is 0 Å². The summed E-state index contributed by atoms with van der Waals surface area (Å²) in [6.07, 6.45) is 3.70. The number of ketones is 1. The summed E-state index contributed by atoms with van der Waals surface area (Å²) >= 11 is 0. The van der Waals surface area contributed by atoms with Crippen molar-refractivity contribution in [3.63, 3.8) is 0 Å². The lowest BCUT2D eigenvalue weighted by atomic mass is 10.0. The van der Waals surface area contributed by atoms with Gasteiger partial charge in [-0.15, -0.1) is 0 Å². The van der Waals surface area contributed by atoms with E-state index in [0.717, 1.165) is 30.8 Å². The summed E-state index contributed by atoms with van der Waals surface area (Å²) in [5, 5.41) is 3.46. The van der Waals surface area contributed by atoms with Gasteiger partial charge in [0.1, 0.15) is 0 Å². The van der Waals surface area contributed by atoms with E-state index < -0.39 is 0 Å². The van der Waals surface area contributed by atoms with Gasteiger partial charge in [0.25, 0.3) is 0 Å². The Bertz CT molecular complexity index is 407. The fourth-order valence-corrected chi connectivity index (χ4v) is 2.12. The van der Waals surface area contributed by atoms with Crippen LogP contribution in [-0.4, -0.2) is 26.0 Å². The lowest BCUT2D eigenvalue weighted by molar-refractivity contribution is 0.101. The Morgan fingerprint density at radius 2 is 2.00 bits per heavy atom. The Balaban J connectivity index is 1.85. The quantitative estimate of drug-likeness (QED) is 0.752. The second-order valence-electron chi connectivity index (χ2n) is 5.23. The van der Waals surface area contributed by atoms with Crippen molar-refractivity contribution in [1.29, 1.82) is 0 Å². The average molecular weight is 247 g/mol. The molecule has 0 atom stereocenters. The number of carbonyl (C=O) groups excluding carboxylic acids is 1. The maximum Gasteiger partial charge on any atom is 0.159 e. The Morgan fingerprint density at radius 1 is 1.33 bits per heavy atom. The smallest absolute Gasteiger partial charge is 0.159 e. The van der Waals surface area contributed by atoms with Crippen molar-refractivity contribution in [2.24, 2.45) is 5.41 Å². The van der Waals surface area contributed by atoms with E-state index in [1.54, 1.807) is 14.0 Å². The second-order valence-corrected chi connectivity index (χ2v) is 5.23. The molecule has 0 heterocycles. The molecule has 0 saturated heterocycles. The first kappa shape index (κ1) is 13.1. The fourth-order valence-electron chi connectivity index (χ4n) is 2.12. The largest absolute Gasteiger partial charge is 0.385 e. The minimum absolute atomic E-state index is 0.111. The fraction of sp³-hybridized carbons (Fsp3) is 0.533. The SMILES string of the molecule is COCCC1(CNc2ccc(C(C)=O)cc2)CC1. The minimum atomic E-state index is 0.111. The molecule has 98 valence electrons. The van der Waals surface area contributed by atoms with Gasteiger partial charge in [-0.05, 0) is 55.9 Å². The number of rotatable bonds is 7. The molecule has 1 N–H and O–H groups in total. The summed E-state index contributed by atoms with van der Waals surface area (Å²) < 4.78 is 5.15. The third-order valence-corrected chi connectivity index (χ3v) is 3.75. The lowest BCUT2D eigenvalue weighted by Gasteiger charge is -2.16. The van der Waals surface area contributed by atoms with Crippen LogP contribution in [0.5, 0.6) is 0 Å². The molecule has 1 aliphatic carbocycles. The van der Waals surface area contributed by atoms with Crippen LogP contribution < -0.4 is 5.32 Å². The van der Waals surface area contributed by atoms with Crippen molar-refractivity contribution < 1.29 is 9.53 Å². The maximum absolute atomic E-state index is 11.2. The molecule has 3 nitrogen and oxygen atoms in total. The van der Waals surface area contributed by atoms with Crippen molar-refractivity contribution >= 4 is 11.5 Å². The topological polar surface area (TPSA) is 38.3 Å². The molecule has 0 radical (unpaired) electrons. The average Bonchev–Trinajstić information content (AvgIpc) is 3.15. The molecule has 1 aromatic rings. The molecule has 0 spiro atoms. The van der Waals surface area contributed by atoms with Crippen LogP contribution in [0.15, 0.2) is 24.3 Å². The molecular weight excluding hydrogens is 226 g/mol. The number of benzene rings is 1. The minimum Gasteiger partial charge on any atom is -0.385 e. The Kier molecular flexibility index (Phi) is 4.02. The van der Waals surface area contributed by atoms with E-state index in [2.05, 4.69) is 5.32 Å². The number of hydrogen-bond acceptors (Lipinski definition) is 3. The third-order valence-electron chi connectivity index (χ3n) is 3.75. The molecule has 0 amide bonds. The molecule has 1 fully saturated rings. The molecule has 2 rings (SSSR count). The van der Waals surface area contributed by atoms with E-state index in [4.69, 9.17) is 4.74 Å². The van der Waals surface area contributed by atoms with Gasteiger partial charge in [0.2, 0.25) is 0 Å². The van der Waals surface area contributed by atoms with Gasteiger partial charge in [0.15, 0.2) is 5.78 Å². The molecule has 1 aliphatic rings. The normalized spacial score (nSPS) is 16.3. The van der Waals surface area contributed by atoms with Gasteiger partial charge in [-0.2, -0.15) is 0 Å². The number of carbonyl (C=O) groups is 1. The van der Waals surface area contributed by atoms with E-state index in [9.17, 15) is 4.79 Å². The Morgan fingerprint density at radius 3 is 2.50 bits per heavy atom. The standard InChI is InChI=1S/C15H21NO2/c1-12(17)13-3-5-14(6-4-13)16-11-15(7-8-15)9-10-18-2/h3-6,16H,7-11H2,1-2H3. The van der Waals surface area contributed by atoms with Crippen LogP contribution in [0.4, 0.5) is 5.69 Å². The summed E-state index contributed by atoms with van der Waals surface area (Å²) in [6, 6.07) is 7.70. The Hall–Kier alpha value is -1.35. The van der Waals surface area contributed by atoms with Gasteiger partial charge in [-0.25, -0.2) is 0 Å². The van der Waals surface area contributed by atoms with Crippen molar-refractivity contribution in [3.05, 3.63) is 29.8 Å². The lowest BCUT2D eigenvalue weighted by Crippen LogP contribution is -2.17. The van der Waals surface area contributed by atoms with Crippen LogP contribution >= 0.6 is 0 Å². The van der Waals surface area contributed by atoms with Gasteiger partial charge in [-0.1, -0.05) is 0 Å². The van der Waals surface area contributed by atoms with Crippen molar-refractivity contribution in [2.75, 3.05) is 25.6 Å². The monoisotopic (exact) mass is 247 g/mol. The predicted molar refractivity (Wildman–Crippen MR) is 73.1 cm³/mol. The van der Waals surface area contributed by atoms with Crippen LogP contribution in [0.3, 0.4) is 0 Å². The number of methoxy groups -OCH3 is 1. The van der Waals surface area contributed by atoms with Crippen LogP contribution in [0.2, 0.25) is 0 Å². The van der Waals surface area contributed by atoms with Crippen LogP contribution in [0.1, 0.15) is 36.5 Å². The zero-order chi connectivity index (χ0) is 13.0. The molecule has 0 aromatic heterocycles. The molecular formula is C15H21NO2. The number of nitrogens with one attached hydrogen (secondary N) is 1. The highest BCUT2D eigenvalue weighted by molar-refractivity contribution is 5.94. The molecule has 0 aliphatic heterocycles. The van der Waals surface area contributed by atoms with E-state index in [0.29, 0.717) is 5.41 Å². The molecule has 3 heteroatoms. The van der Waals surface area contributed by atoms with Crippen LogP contribution in [-0.2, 0) is 4.74 Å². The van der Waals surface area contributed by atoms with Crippen LogP contribution in [0, 0.1) is 5.41 Å². The highest BCUT2D eigenvalue weighted by atomic mass is 16.5. The number of hydrogen-bond donors (Lipinski definition) is 1. The van der Waals surface area contributed by atoms with Gasteiger partial charge in [0, 0.05) is 31.5 Å². The number of ether oxygens (including phenoxy) is 1. The predicted octanol–water partition coefficient (Wildman–Crippen LogP) is 3.12. The van der Waals surface area contributed by atoms with Crippen molar-refractivity contribution in [2.45, 2.75) is 26.2 Å². The molecule has 0 bridgehead atoms. The zero-order valence-electron chi connectivity index (χ0n) is 11.2. The van der Waals surface area contributed by atoms with E-state index in [1.807, 2.05) is 24.3 Å². The van der Waals surface area contributed by atoms with Gasteiger partial charge in [0.05, 0.1) is 0 Å². The van der Waals surface area contributed by atoms with Crippen molar-refractivity contribution in [3.8, 4) is 0 Å². The van der Waals surface area contributed by atoms with E-state index >= 15 is 0 Å². The zero-order valence-corrected chi connectivity index (χ0v) is 11.2. The van der Waals surface area contributed by atoms with Gasteiger partial charge >= 0.3 is 0 Å². The van der Waals surface area contributed by atoms with Gasteiger partial charge in [-0.3, -0.25) is 4.79 Å². The summed E-state index contributed by atoms with van der Waals surface area (Å²) in [4.78, 5) is 11.2.